The maximum atomic E-state index is 12.7. The lowest BCUT2D eigenvalue weighted by atomic mass is 10.0. The van der Waals surface area contributed by atoms with Gasteiger partial charge in [-0.25, -0.2) is 9.59 Å². The third-order valence-electron chi connectivity index (χ3n) is 6.13. The first-order valence-corrected chi connectivity index (χ1v) is 14.5. The maximum Gasteiger partial charge on any atom is 0.337 e. The number of carbonyl (C=O) groups is 4. The lowest BCUT2D eigenvalue weighted by molar-refractivity contribution is -0.187. The summed E-state index contributed by atoms with van der Waals surface area (Å²) in [4.78, 5) is 49.1. The van der Waals surface area contributed by atoms with Gasteiger partial charge in [0.1, 0.15) is 24.4 Å². The van der Waals surface area contributed by atoms with Crippen LogP contribution < -0.4 is 0 Å². The van der Waals surface area contributed by atoms with Gasteiger partial charge in [0.25, 0.3) is 0 Å². The molecule has 0 N–H and O–H groups in total. The molecule has 0 amide bonds. The molecule has 0 saturated carbocycles. The van der Waals surface area contributed by atoms with Crippen molar-refractivity contribution in [2.75, 3.05) is 26.4 Å². The SMILES string of the molecule is C=CC(=O)C(C)(C)OC(C)COC(=O)C(C)(C)OC(C)COCC(C)OC(C)(C)C(=O)OCC(C)OC(C)(C)C(=O)C=C. The van der Waals surface area contributed by atoms with Gasteiger partial charge in [-0.2, -0.15) is 0 Å². The highest BCUT2D eigenvalue weighted by Crippen LogP contribution is 2.20. The van der Waals surface area contributed by atoms with Crippen molar-refractivity contribution in [2.24, 2.45) is 0 Å². The quantitative estimate of drug-likeness (QED) is 0.127. The van der Waals surface area contributed by atoms with Crippen LogP contribution in [0.5, 0.6) is 0 Å². The highest BCUT2D eigenvalue weighted by molar-refractivity contribution is 5.96. The Hall–Kier alpha value is -2.44. The molecule has 248 valence electrons. The van der Waals surface area contributed by atoms with Crippen molar-refractivity contribution < 1.29 is 52.3 Å². The predicted molar refractivity (Wildman–Crippen MR) is 162 cm³/mol. The van der Waals surface area contributed by atoms with E-state index in [1.807, 2.05) is 0 Å². The molecule has 4 unspecified atom stereocenters. The highest BCUT2D eigenvalue weighted by atomic mass is 16.6. The summed E-state index contributed by atoms with van der Waals surface area (Å²) < 4.78 is 39.5. The number of ether oxygens (including phenoxy) is 7. The summed E-state index contributed by atoms with van der Waals surface area (Å²) in [7, 11) is 0. The summed E-state index contributed by atoms with van der Waals surface area (Å²) >= 11 is 0. The van der Waals surface area contributed by atoms with Crippen LogP contribution in [-0.2, 0) is 52.3 Å². The van der Waals surface area contributed by atoms with Gasteiger partial charge in [0, 0.05) is 0 Å². The summed E-state index contributed by atoms with van der Waals surface area (Å²) in [6.07, 6.45) is 0.392. The van der Waals surface area contributed by atoms with E-state index in [0.29, 0.717) is 0 Å². The Morgan fingerprint density at radius 2 is 0.767 bits per heavy atom. The van der Waals surface area contributed by atoms with E-state index in [1.54, 1.807) is 83.1 Å². The Morgan fingerprint density at radius 1 is 0.512 bits per heavy atom. The molecular formula is C32H54O11. The lowest BCUT2D eigenvalue weighted by Gasteiger charge is -2.30. The maximum absolute atomic E-state index is 12.7. The first-order chi connectivity index (χ1) is 19.5. The van der Waals surface area contributed by atoms with Crippen molar-refractivity contribution in [1.82, 2.24) is 0 Å². The number of hydrogen-bond acceptors (Lipinski definition) is 11. The average molecular weight is 615 g/mol. The van der Waals surface area contributed by atoms with Crippen LogP contribution in [0.25, 0.3) is 0 Å². The van der Waals surface area contributed by atoms with Crippen LogP contribution in [0, 0.1) is 0 Å². The average Bonchev–Trinajstić information content (AvgIpc) is 2.87. The Morgan fingerprint density at radius 3 is 1.05 bits per heavy atom. The molecule has 0 aromatic heterocycles. The number of rotatable bonds is 22. The third kappa shape index (κ3) is 14.7. The fourth-order valence-corrected chi connectivity index (χ4v) is 3.99. The van der Waals surface area contributed by atoms with Crippen LogP contribution >= 0.6 is 0 Å². The molecule has 43 heavy (non-hydrogen) atoms. The van der Waals surface area contributed by atoms with Crippen LogP contribution in [0.1, 0.15) is 83.1 Å². The molecule has 0 aromatic rings. The van der Waals surface area contributed by atoms with E-state index in [0.717, 1.165) is 0 Å². The highest BCUT2D eigenvalue weighted by Gasteiger charge is 2.36. The van der Waals surface area contributed by atoms with Crippen LogP contribution in [0.3, 0.4) is 0 Å². The van der Waals surface area contributed by atoms with Crippen molar-refractivity contribution in [3.8, 4) is 0 Å². The molecule has 0 aromatic carbocycles. The minimum atomic E-state index is -1.27. The summed E-state index contributed by atoms with van der Waals surface area (Å²) in [6, 6.07) is 0. The number of esters is 2. The zero-order valence-corrected chi connectivity index (χ0v) is 28.2. The smallest absolute Gasteiger partial charge is 0.337 e. The van der Waals surface area contributed by atoms with E-state index >= 15 is 0 Å². The monoisotopic (exact) mass is 614 g/mol. The zero-order chi connectivity index (χ0) is 33.8. The molecule has 4 atom stereocenters. The largest absolute Gasteiger partial charge is 0.461 e. The standard InChI is InChI=1S/C32H54O11/c1-15-25(33)29(7,8)40-23(5)19-38-27(35)31(11,12)42-21(3)17-37-18-22(4)43-32(13,14)28(36)39-20-24(6)41-30(9,10)26(34)16-2/h15-16,21-24H,1-2,17-20H2,3-14H3. The van der Waals surface area contributed by atoms with Crippen molar-refractivity contribution in [3.05, 3.63) is 25.3 Å². The van der Waals surface area contributed by atoms with Gasteiger partial charge in [-0.05, 0) is 95.2 Å². The van der Waals surface area contributed by atoms with Crippen LogP contribution in [0.4, 0.5) is 0 Å². The van der Waals surface area contributed by atoms with Gasteiger partial charge in [-0.3, -0.25) is 9.59 Å². The van der Waals surface area contributed by atoms with E-state index in [4.69, 9.17) is 33.2 Å². The Balaban J connectivity index is 4.62. The van der Waals surface area contributed by atoms with E-state index in [1.165, 1.54) is 12.2 Å². The van der Waals surface area contributed by atoms with Crippen molar-refractivity contribution in [3.63, 3.8) is 0 Å². The van der Waals surface area contributed by atoms with Crippen LogP contribution in [0.15, 0.2) is 25.3 Å². The first kappa shape index (κ1) is 40.6. The zero-order valence-electron chi connectivity index (χ0n) is 28.2. The Bertz CT molecular complexity index is 888. The van der Waals surface area contributed by atoms with E-state index in [2.05, 4.69) is 13.2 Å². The molecule has 0 radical (unpaired) electrons. The molecule has 0 saturated heterocycles. The van der Waals surface area contributed by atoms with Crippen molar-refractivity contribution in [1.29, 1.82) is 0 Å². The second-order valence-corrected chi connectivity index (χ2v) is 12.6. The van der Waals surface area contributed by atoms with Gasteiger partial charge in [-0.15, -0.1) is 0 Å². The summed E-state index contributed by atoms with van der Waals surface area (Å²) in [5.74, 6) is -1.72. The normalized spacial score (nSPS) is 15.5. The van der Waals surface area contributed by atoms with E-state index < -0.39 is 58.8 Å². The fraction of sp³-hybridized carbons (Fsp3) is 0.750. The fourth-order valence-electron chi connectivity index (χ4n) is 3.99. The molecule has 11 nitrogen and oxygen atoms in total. The first-order valence-electron chi connectivity index (χ1n) is 14.5. The molecule has 11 heteroatoms. The second-order valence-electron chi connectivity index (χ2n) is 12.6. The molecule has 0 fully saturated rings. The number of carbonyl (C=O) groups excluding carboxylic acids is 4. The van der Waals surface area contributed by atoms with Gasteiger partial charge in [0.2, 0.25) is 0 Å². The predicted octanol–water partition coefficient (Wildman–Crippen LogP) is 4.33. The minimum absolute atomic E-state index is 0.0592. The summed E-state index contributed by atoms with van der Waals surface area (Å²) in [5.41, 5.74) is -4.70. The van der Waals surface area contributed by atoms with Gasteiger partial charge in [0.15, 0.2) is 22.8 Å². The Labute approximate surface area is 257 Å². The van der Waals surface area contributed by atoms with Gasteiger partial charge in [-0.1, -0.05) is 13.2 Å². The lowest BCUT2D eigenvalue weighted by Crippen LogP contribution is -2.43. The minimum Gasteiger partial charge on any atom is -0.461 e. The summed E-state index contributed by atoms with van der Waals surface area (Å²) in [6.45, 7) is 26.9. The Kier molecular flexibility index (Phi) is 16.2. The van der Waals surface area contributed by atoms with Gasteiger partial charge >= 0.3 is 11.9 Å². The van der Waals surface area contributed by atoms with Crippen molar-refractivity contribution in [2.45, 2.75) is 130 Å². The van der Waals surface area contributed by atoms with E-state index in [9.17, 15) is 19.2 Å². The number of hydrogen-bond donors (Lipinski definition) is 0. The molecule has 0 spiro atoms. The van der Waals surface area contributed by atoms with Crippen LogP contribution in [0.2, 0.25) is 0 Å². The molecule has 0 bridgehead atoms. The van der Waals surface area contributed by atoms with Crippen LogP contribution in [-0.4, -0.2) is 96.8 Å². The third-order valence-corrected chi connectivity index (χ3v) is 6.13. The number of ketones is 2. The molecule has 0 aliphatic carbocycles. The molecular weight excluding hydrogens is 560 g/mol. The molecule has 0 heterocycles. The molecule has 0 aliphatic heterocycles. The summed E-state index contributed by atoms with van der Waals surface area (Å²) in [5, 5.41) is 0. The van der Waals surface area contributed by atoms with E-state index in [-0.39, 0.29) is 38.0 Å². The topological polar surface area (TPSA) is 133 Å². The second kappa shape index (κ2) is 17.2. The van der Waals surface area contributed by atoms with Gasteiger partial charge in [0.05, 0.1) is 37.6 Å². The molecule has 0 aliphatic rings. The molecule has 0 rings (SSSR count). The van der Waals surface area contributed by atoms with Crippen molar-refractivity contribution >= 4 is 23.5 Å². The van der Waals surface area contributed by atoms with Gasteiger partial charge < -0.3 is 33.2 Å².